The van der Waals surface area contributed by atoms with E-state index >= 15 is 0 Å². The maximum Gasteiger partial charge on any atom is 0.153 e. The lowest BCUT2D eigenvalue weighted by atomic mass is 10.0. The normalized spacial score (nSPS) is 13.9. The molecule has 0 aromatic carbocycles. The summed E-state index contributed by atoms with van der Waals surface area (Å²) in [6, 6.07) is 0. The summed E-state index contributed by atoms with van der Waals surface area (Å²) in [7, 11) is -2.99. The summed E-state index contributed by atoms with van der Waals surface area (Å²) in [4.78, 5) is 4.34. The first-order chi connectivity index (χ1) is 7.46. The molecule has 0 fully saturated rings. The van der Waals surface area contributed by atoms with E-state index in [0.717, 1.165) is 18.5 Å². The third-order valence-electron chi connectivity index (χ3n) is 2.30. The van der Waals surface area contributed by atoms with E-state index in [1.165, 1.54) is 17.6 Å². The average Bonchev–Trinajstić information content (AvgIpc) is 2.59. The van der Waals surface area contributed by atoms with Crippen LogP contribution in [0.1, 0.15) is 36.4 Å². The summed E-state index contributed by atoms with van der Waals surface area (Å²) in [5.41, 5.74) is 6.61. The van der Waals surface area contributed by atoms with Crippen molar-refractivity contribution in [1.82, 2.24) is 4.98 Å². The topological polar surface area (TPSA) is 73.1 Å². The highest BCUT2D eigenvalue weighted by Gasteiger charge is 2.14. The van der Waals surface area contributed by atoms with Crippen LogP contribution in [0.4, 0.5) is 0 Å². The Kier molecular flexibility index (Phi) is 4.89. The number of rotatable bonds is 6. The third-order valence-corrected chi connectivity index (χ3v) is 4.14. The number of nitrogens with two attached hydrogens (primary N) is 1. The molecule has 6 heteroatoms. The zero-order valence-electron chi connectivity index (χ0n) is 9.64. The molecule has 0 aliphatic rings. The maximum absolute atomic E-state index is 11.1. The van der Waals surface area contributed by atoms with Crippen molar-refractivity contribution in [2.24, 2.45) is 5.73 Å². The summed E-state index contributed by atoms with van der Waals surface area (Å²) >= 11 is 1.40. The maximum atomic E-state index is 11.1. The van der Waals surface area contributed by atoms with Gasteiger partial charge in [0.05, 0.1) is 5.69 Å². The van der Waals surface area contributed by atoms with Gasteiger partial charge in [-0.25, -0.2) is 13.4 Å². The highest BCUT2D eigenvalue weighted by Crippen LogP contribution is 2.23. The molecule has 0 spiro atoms. The first-order valence-corrected chi connectivity index (χ1v) is 8.22. The lowest BCUT2D eigenvalue weighted by Crippen LogP contribution is -2.12. The monoisotopic (exact) mass is 262 g/mol. The van der Waals surface area contributed by atoms with Crippen LogP contribution in [-0.4, -0.2) is 26.2 Å². The van der Waals surface area contributed by atoms with Gasteiger partial charge in [-0.05, 0) is 6.42 Å². The van der Waals surface area contributed by atoms with Crippen molar-refractivity contribution in [1.29, 1.82) is 0 Å². The number of sulfone groups is 1. The highest BCUT2D eigenvalue weighted by molar-refractivity contribution is 7.90. The largest absolute Gasteiger partial charge is 0.330 e. The Labute approximate surface area is 101 Å². The van der Waals surface area contributed by atoms with Gasteiger partial charge in [0.2, 0.25) is 0 Å². The molecule has 1 aromatic rings. The molecular formula is C10H18N2O2S2. The predicted molar refractivity (Wildman–Crippen MR) is 67.4 cm³/mol. The Morgan fingerprint density at radius 2 is 2.25 bits per heavy atom. The van der Waals surface area contributed by atoms with Gasteiger partial charge in [-0.2, -0.15) is 0 Å². The van der Waals surface area contributed by atoms with Crippen LogP contribution in [0.2, 0.25) is 0 Å². The average molecular weight is 262 g/mol. The molecule has 0 saturated heterocycles. The number of hydrogen-bond donors (Lipinski definition) is 1. The van der Waals surface area contributed by atoms with Crippen LogP contribution in [0, 0.1) is 0 Å². The Morgan fingerprint density at radius 1 is 1.56 bits per heavy atom. The first kappa shape index (κ1) is 13.6. The Morgan fingerprint density at radius 3 is 2.75 bits per heavy atom. The highest BCUT2D eigenvalue weighted by atomic mass is 32.2. The molecule has 0 aliphatic heterocycles. The molecule has 16 heavy (non-hydrogen) atoms. The molecule has 0 saturated carbocycles. The molecule has 1 rings (SSSR count). The first-order valence-electron chi connectivity index (χ1n) is 5.28. The van der Waals surface area contributed by atoms with Crippen LogP contribution in [0.15, 0.2) is 5.38 Å². The summed E-state index contributed by atoms with van der Waals surface area (Å²) in [6.07, 6.45) is 3.28. The predicted octanol–water partition coefficient (Wildman–Crippen LogP) is 1.53. The van der Waals surface area contributed by atoms with Crippen molar-refractivity contribution in [2.75, 3.05) is 12.8 Å². The van der Waals surface area contributed by atoms with Crippen molar-refractivity contribution < 1.29 is 8.42 Å². The molecule has 2 N–H and O–H groups in total. The third kappa shape index (κ3) is 4.19. The van der Waals surface area contributed by atoms with Crippen molar-refractivity contribution in [3.05, 3.63) is 16.1 Å². The van der Waals surface area contributed by atoms with Crippen molar-refractivity contribution in [3.8, 4) is 0 Å². The van der Waals surface area contributed by atoms with E-state index in [1.54, 1.807) is 0 Å². The van der Waals surface area contributed by atoms with E-state index in [2.05, 4.69) is 11.9 Å². The molecule has 4 nitrogen and oxygen atoms in total. The quantitative estimate of drug-likeness (QED) is 0.844. The lowest BCUT2D eigenvalue weighted by Gasteiger charge is -2.09. The second-order valence-corrected chi connectivity index (χ2v) is 7.04. The molecule has 1 heterocycles. The van der Waals surface area contributed by atoms with Gasteiger partial charge in [-0.1, -0.05) is 13.3 Å². The summed E-state index contributed by atoms with van der Waals surface area (Å²) < 4.78 is 22.2. The fourth-order valence-electron chi connectivity index (χ4n) is 1.54. The molecule has 1 unspecified atom stereocenters. The molecule has 0 aliphatic carbocycles. The minimum absolute atomic E-state index is 0.0289. The molecule has 1 aromatic heterocycles. The number of aromatic nitrogens is 1. The van der Waals surface area contributed by atoms with Gasteiger partial charge in [0, 0.05) is 24.1 Å². The molecule has 1 atom stereocenters. The zero-order chi connectivity index (χ0) is 12.2. The zero-order valence-corrected chi connectivity index (χ0v) is 11.3. The van der Waals surface area contributed by atoms with Crippen molar-refractivity contribution >= 4 is 21.2 Å². The van der Waals surface area contributed by atoms with Crippen LogP contribution < -0.4 is 5.73 Å². The van der Waals surface area contributed by atoms with Crippen molar-refractivity contribution in [3.63, 3.8) is 0 Å². The Balaban J connectivity index is 2.77. The van der Waals surface area contributed by atoms with Crippen LogP contribution in [0.25, 0.3) is 0 Å². The van der Waals surface area contributed by atoms with E-state index < -0.39 is 9.84 Å². The van der Waals surface area contributed by atoms with Gasteiger partial charge in [0.15, 0.2) is 9.84 Å². The van der Waals surface area contributed by atoms with Gasteiger partial charge in [0.25, 0.3) is 0 Å². The fourth-order valence-corrected chi connectivity index (χ4v) is 3.63. The van der Waals surface area contributed by atoms with Crippen LogP contribution in [0.3, 0.4) is 0 Å². The fraction of sp³-hybridized carbons (Fsp3) is 0.700. The van der Waals surface area contributed by atoms with Crippen LogP contribution in [0.5, 0.6) is 0 Å². The van der Waals surface area contributed by atoms with Crippen LogP contribution in [-0.2, 0) is 15.6 Å². The van der Waals surface area contributed by atoms with Crippen molar-refractivity contribution in [2.45, 2.75) is 31.4 Å². The number of nitrogens with zero attached hydrogens (tertiary/aromatic N) is 1. The summed E-state index contributed by atoms with van der Waals surface area (Å²) in [5.74, 6) is 0.288. The number of hydrogen-bond acceptors (Lipinski definition) is 5. The summed E-state index contributed by atoms with van der Waals surface area (Å²) in [5, 5.41) is 2.58. The van der Waals surface area contributed by atoms with E-state index in [-0.39, 0.29) is 11.7 Å². The minimum atomic E-state index is -2.99. The SMILES string of the molecule is CCCC(CN)c1csc(CS(C)(=O)=O)n1. The molecule has 0 bridgehead atoms. The van der Waals surface area contributed by atoms with Gasteiger partial charge < -0.3 is 5.73 Å². The van der Waals surface area contributed by atoms with Gasteiger partial charge >= 0.3 is 0 Å². The Hall–Kier alpha value is -0.460. The lowest BCUT2D eigenvalue weighted by molar-refractivity contribution is 0.599. The van der Waals surface area contributed by atoms with E-state index in [9.17, 15) is 8.42 Å². The molecular weight excluding hydrogens is 244 g/mol. The molecule has 92 valence electrons. The smallest absolute Gasteiger partial charge is 0.153 e. The van der Waals surface area contributed by atoms with Gasteiger partial charge in [-0.3, -0.25) is 0 Å². The van der Waals surface area contributed by atoms with E-state index in [4.69, 9.17) is 5.73 Å². The van der Waals surface area contributed by atoms with Gasteiger partial charge in [0.1, 0.15) is 10.8 Å². The Bertz CT molecular complexity index is 426. The van der Waals surface area contributed by atoms with Crippen LogP contribution >= 0.6 is 11.3 Å². The van der Waals surface area contributed by atoms with Gasteiger partial charge in [-0.15, -0.1) is 11.3 Å². The van der Waals surface area contributed by atoms with E-state index in [0.29, 0.717) is 11.6 Å². The summed E-state index contributed by atoms with van der Waals surface area (Å²) in [6.45, 7) is 2.67. The molecule has 0 radical (unpaired) electrons. The van der Waals surface area contributed by atoms with E-state index in [1.807, 2.05) is 5.38 Å². The minimum Gasteiger partial charge on any atom is -0.330 e. The second kappa shape index (κ2) is 5.75. The standard InChI is InChI=1S/C10H18N2O2S2/c1-3-4-8(5-11)9-6-15-10(12-9)7-16(2,13)14/h6,8H,3-5,7,11H2,1-2H3. The molecule has 0 amide bonds. The second-order valence-electron chi connectivity index (χ2n) is 3.96. The number of thiazole rings is 1.